The van der Waals surface area contributed by atoms with Crippen LogP contribution in [0.2, 0.25) is 0 Å². The summed E-state index contributed by atoms with van der Waals surface area (Å²) >= 11 is 0. The zero-order valence-corrected chi connectivity index (χ0v) is 62.5. The molecule has 3 N–H and O–H groups in total. The second-order valence-electron chi connectivity index (χ2n) is 27.3. The van der Waals surface area contributed by atoms with Crippen LogP contribution in [-0.4, -0.2) is 96.7 Å². The Morgan fingerprint density at radius 1 is 0.330 bits per heavy atom. The number of allylic oxidation sites excluding steroid dienone is 4. The zero-order chi connectivity index (χ0) is 69.3. The highest BCUT2D eigenvalue weighted by Gasteiger charge is 2.30. The maximum atomic E-state index is 13.1. The van der Waals surface area contributed by atoms with Crippen molar-refractivity contribution < 1.29 is 80.2 Å². The highest BCUT2D eigenvalue weighted by molar-refractivity contribution is 7.47. The van der Waals surface area contributed by atoms with Gasteiger partial charge in [-0.3, -0.25) is 37.3 Å². The highest BCUT2D eigenvalue weighted by atomic mass is 31.2. The molecule has 0 aliphatic rings. The lowest BCUT2D eigenvalue weighted by Crippen LogP contribution is -2.30. The van der Waals surface area contributed by atoms with E-state index in [-0.39, 0.29) is 25.7 Å². The minimum atomic E-state index is -4.96. The second kappa shape index (κ2) is 66.4. The summed E-state index contributed by atoms with van der Waals surface area (Å²) in [6.45, 7) is 9.46. The van der Waals surface area contributed by atoms with Crippen molar-refractivity contribution in [1.82, 2.24) is 0 Å². The number of hydrogen-bond acceptors (Lipinski definition) is 15. The fourth-order valence-corrected chi connectivity index (χ4v) is 12.5. The first-order valence-corrected chi connectivity index (χ1v) is 41.3. The Morgan fingerprint density at radius 3 is 0.872 bits per heavy atom. The first kappa shape index (κ1) is 91.5. The van der Waals surface area contributed by atoms with Crippen LogP contribution in [0.3, 0.4) is 0 Å². The molecule has 0 aromatic rings. The summed E-state index contributed by atoms with van der Waals surface area (Å²) in [5.41, 5.74) is 0. The van der Waals surface area contributed by atoms with Gasteiger partial charge in [0.2, 0.25) is 0 Å². The molecule has 0 amide bonds. The van der Waals surface area contributed by atoms with Crippen LogP contribution in [0, 0.1) is 11.8 Å². The van der Waals surface area contributed by atoms with E-state index < -0.39 is 97.5 Å². The summed E-state index contributed by atoms with van der Waals surface area (Å²) in [5.74, 6) is -0.641. The molecule has 0 saturated carbocycles. The molecule has 0 aromatic carbocycles. The lowest BCUT2D eigenvalue weighted by molar-refractivity contribution is -0.161. The average Bonchev–Trinajstić information content (AvgIpc) is 1.98. The van der Waals surface area contributed by atoms with E-state index in [4.69, 9.17) is 37.0 Å². The number of phosphoric ester groups is 2. The molecule has 94 heavy (non-hydrogen) atoms. The number of ether oxygens (including phenoxy) is 4. The van der Waals surface area contributed by atoms with Crippen molar-refractivity contribution in [2.24, 2.45) is 11.8 Å². The van der Waals surface area contributed by atoms with Crippen molar-refractivity contribution in [2.45, 2.75) is 381 Å². The Morgan fingerprint density at radius 2 is 0.574 bits per heavy atom. The lowest BCUT2D eigenvalue weighted by Gasteiger charge is -2.21. The van der Waals surface area contributed by atoms with Gasteiger partial charge in [-0.2, -0.15) is 0 Å². The summed E-state index contributed by atoms with van der Waals surface area (Å²) in [5, 5.41) is 10.6. The Kier molecular flexibility index (Phi) is 64.7. The van der Waals surface area contributed by atoms with Crippen molar-refractivity contribution in [3.8, 4) is 0 Å². The van der Waals surface area contributed by atoms with Crippen LogP contribution < -0.4 is 0 Å². The molecule has 0 spiro atoms. The van der Waals surface area contributed by atoms with Gasteiger partial charge in [-0.05, 0) is 63.2 Å². The Labute approximate surface area is 573 Å². The van der Waals surface area contributed by atoms with Gasteiger partial charge in [0, 0.05) is 25.7 Å². The van der Waals surface area contributed by atoms with Gasteiger partial charge in [0.15, 0.2) is 12.2 Å². The van der Waals surface area contributed by atoms with Gasteiger partial charge in [-0.15, -0.1) is 0 Å². The van der Waals surface area contributed by atoms with E-state index in [2.05, 4.69) is 65.8 Å². The number of phosphoric acid groups is 2. The number of carbonyl (C=O) groups excluding carboxylic acids is 4. The Bertz CT molecular complexity index is 1910. The van der Waals surface area contributed by atoms with Crippen molar-refractivity contribution in [3.05, 3.63) is 24.3 Å². The van der Waals surface area contributed by atoms with Crippen molar-refractivity contribution in [3.63, 3.8) is 0 Å². The minimum absolute atomic E-state index is 0.101. The Balaban J connectivity index is 5.21. The monoisotopic (exact) mass is 1380 g/mol. The van der Waals surface area contributed by atoms with E-state index >= 15 is 0 Å². The Hall–Kier alpha value is -2.46. The number of aliphatic hydroxyl groups is 1. The summed E-state index contributed by atoms with van der Waals surface area (Å²) in [4.78, 5) is 72.6. The van der Waals surface area contributed by atoms with Crippen LogP contribution in [-0.2, 0) is 65.4 Å². The number of unbranched alkanes of at least 4 members (excludes halogenated alkanes) is 39. The molecule has 2 unspecified atom stereocenters. The van der Waals surface area contributed by atoms with Crippen LogP contribution in [0.5, 0.6) is 0 Å². The molecule has 0 saturated heterocycles. The van der Waals surface area contributed by atoms with E-state index in [1.807, 2.05) is 0 Å². The van der Waals surface area contributed by atoms with E-state index in [0.29, 0.717) is 31.6 Å². The fourth-order valence-electron chi connectivity index (χ4n) is 10.9. The molecule has 17 nitrogen and oxygen atoms in total. The zero-order valence-electron chi connectivity index (χ0n) is 60.7. The smallest absolute Gasteiger partial charge is 0.462 e. The van der Waals surface area contributed by atoms with Gasteiger partial charge in [0.25, 0.3) is 0 Å². The van der Waals surface area contributed by atoms with Gasteiger partial charge in [-0.1, -0.05) is 310 Å². The number of esters is 4. The van der Waals surface area contributed by atoms with E-state index in [9.17, 15) is 43.2 Å². The maximum Gasteiger partial charge on any atom is 0.472 e. The molecule has 0 heterocycles. The molecular weight excluding hydrogens is 1230 g/mol. The summed E-state index contributed by atoms with van der Waals surface area (Å²) in [7, 11) is -9.91. The summed E-state index contributed by atoms with van der Waals surface area (Å²) in [6, 6.07) is 0. The van der Waals surface area contributed by atoms with E-state index in [0.717, 1.165) is 121 Å². The van der Waals surface area contributed by atoms with Crippen LogP contribution in [0.25, 0.3) is 0 Å². The first-order chi connectivity index (χ1) is 45.4. The third-order valence-corrected chi connectivity index (χ3v) is 18.7. The van der Waals surface area contributed by atoms with Crippen LogP contribution in [0.1, 0.15) is 363 Å². The molecule has 0 aromatic heterocycles. The predicted molar refractivity (Wildman–Crippen MR) is 381 cm³/mol. The molecule has 0 aliphatic carbocycles. The largest absolute Gasteiger partial charge is 0.472 e. The minimum Gasteiger partial charge on any atom is -0.462 e. The molecule has 0 fully saturated rings. The first-order valence-electron chi connectivity index (χ1n) is 38.3. The van der Waals surface area contributed by atoms with Crippen LogP contribution >= 0.6 is 15.6 Å². The normalized spacial score (nSPS) is 14.2. The third-order valence-electron chi connectivity index (χ3n) is 16.8. The molecule has 0 bridgehead atoms. The van der Waals surface area contributed by atoms with Gasteiger partial charge in [0.1, 0.15) is 19.3 Å². The van der Waals surface area contributed by atoms with Crippen LogP contribution in [0.4, 0.5) is 0 Å². The summed E-state index contributed by atoms with van der Waals surface area (Å²) < 4.78 is 68.3. The number of hydrogen-bond donors (Lipinski definition) is 3. The van der Waals surface area contributed by atoms with Crippen molar-refractivity contribution >= 4 is 39.5 Å². The predicted octanol–water partition coefficient (Wildman–Crippen LogP) is 21.5. The molecular formula is C75H142O17P2. The molecule has 0 radical (unpaired) electrons. The molecule has 5 atom stereocenters. The van der Waals surface area contributed by atoms with Gasteiger partial charge in [0.05, 0.1) is 26.4 Å². The average molecular weight is 1380 g/mol. The highest BCUT2D eigenvalue weighted by Crippen LogP contribution is 2.45. The molecule has 19 heteroatoms. The third kappa shape index (κ3) is 68.1. The molecule has 0 rings (SSSR count). The van der Waals surface area contributed by atoms with E-state index in [1.54, 1.807) is 0 Å². The van der Waals surface area contributed by atoms with Crippen molar-refractivity contribution in [2.75, 3.05) is 39.6 Å². The van der Waals surface area contributed by atoms with Crippen LogP contribution in [0.15, 0.2) is 24.3 Å². The standard InChI is InChI=1S/C75H142O17P2/c1-7-9-11-13-15-17-18-19-24-28-31-34-40-46-52-58-73(78)86-64-70(91-74(79)59-53-47-41-35-32-29-26-23-21-20-22-25-27-30-33-37-43-49-55-67(3)4)65-89-93(81,82)87-61-69(76)62-88-94(83,84)90-66-71(63-85-72(77)57-51-45-39-16-14-12-10-8-2)92-75(80)60-54-48-42-36-38-44-50-56-68(5)6/h17-19,24,67-71,76H,7-16,20-23,25-66H2,1-6H3,(H,81,82)(H,83,84)/b18-17-,24-19-/t69-,70-,71-/m1/s1. The van der Waals surface area contributed by atoms with E-state index in [1.165, 1.54) is 154 Å². The number of carbonyl (C=O) groups is 4. The second-order valence-corrected chi connectivity index (χ2v) is 30.2. The SMILES string of the molecule is CCCCCC/C=C\C=C/CCCCCCCC(=O)OC[C@H](COP(=O)(O)OC[C@@H](O)COP(=O)(O)OC[C@@H](COC(=O)CCCCCCCCCC)OC(=O)CCCCCCCCCC(C)C)OC(=O)CCCCCCCCCCCCCCCCCCCCC(C)C. The van der Waals surface area contributed by atoms with Crippen molar-refractivity contribution in [1.29, 1.82) is 0 Å². The van der Waals surface area contributed by atoms with Gasteiger partial charge < -0.3 is 33.8 Å². The fraction of sp³-hybridized carbons (Fsp3) is 0.893. The van der Waals surface area contributed by atoms with Gasteiger partial charge >= 0.3 is 39.5 Å². The number of rotatable bonds is 72. The molecule has 0 aliphatic heterocycles. The van der Waals surface area contributed by atoms with Gasteiger partial charge in [-0.25, -0.2) is 9.13 Å². The maximum absolute atomic E-state index is 13.1. The molecule has 554 valence electrons. The topological polar surface area (TPSA) is 237 Å². The summed E-state index contributed by atoms with van der Waals surface area (Å²) in [6.07, 6.45) is 56.6. The number of aliphatic hydroxyl groups excluding tert-OH is 1. The quantitative estimate of drug-likeness (QED) is 0.0169. The lowest BCUT2D eigenvalue weighted by atomic mass is 10.0.